The molecule has 1 saturated heterocycles. The van der Waals surface area contributed by atoms with E-state index in [1.54, 1.807) is 11.3 Å². The number of rotatable bonds is 18. The Morgan fingerprint density at radius 1 is 1.02 bits per heavy atom. The van der Waals surface area contributed by atoms with E-state index in [0.717, 1.165) is 46.7 Å². The second-order valence-corrected chi connectivity index (χ2v) is 16.8. The Bertz CT molecular complexity index is 1740. The van der Waals surface area contributed by atoms with Crippen molar-refractivity contribution < 1.29 is 29.0 Å². The number of unbranched alkanes of at least 4 members (excludes halogenated alkanes) is 2. The molecule has 11 nitrogen and oxygen atoms in total. The highest BCUT2D eigenvalue weighted by Gasteiger charge is 2.44. The number of aliphatic hydroxyl groups is 1. The van der Waals surface area contributed by atoms with Gasteiger partial charge < -0.3 is 31.1 Å². The summed E-state index contributed by atoms with van der Waals surface area (Å²) < 4.78 is 5.98. The van der Waals surface area contributed by atoms with E-state index in [9.17, 15) is 24.3 Å². The molecule has 1 fully saturated rings. The highest BCUT2D eigenvalue weighted by atomic mass is 32.1. The van der Waals surface area contributed by atoms with Crippen molar-refractivity contribution in [1.82, 2.24) is 20.5 Å². The Hall–Kier alpha value is -4.29. The Balaban J connectivity index is 1.27. The minimum Gasteiger partial charge on any atom is -0.493 e. The van der Waals surface area contributed by atoms with Gasteiger partial charge in [0.1, 0.15) is 17.8 Å². The predicted octanol–water partition coefficient (Wildman–Crippen LogP) is 6.18. The Morgan fingerprint density at radius 2 is 1.74 bits per heavy atom. The average molecular weight is 762 g/mol. The van der Waals surface area contributed by atoms with Crippen molar-refractivity contribution in [3.8, 4) is 16.2 Å². The van der Waals surface area contributed by atoms with Crippen LogP contribution in [-0.4, -0.2) is 70.0 Å². The third-order valence-corrected chi connectivity index (χ3v) is 11.1. The van der Waals surface area contributed by atoms with Crippen molar-refractivity contribution in [2.75, 3.05) is 13.2 Å². The molecule has 0 radical (unpaired) electrons. The van der Waals surface area contributed by atoms with Gasteiger partial charge in [0, 0.05) is 25.8 Å². The monoisotopic (exact) mass is 761 g/mol. The molecule has 294 valence electrons. The first kappa shape index (κ1) is 42.5. The first-order valence-electron chi connectivity index (χ1n) is 19.1. The summed E-state index contributed by atoms with van der Waals surface area (Å²) in [5, 5.41) is 16.6. The number of hydrogen-bond acceptors (Lipinski definition) is 8. The minimum atomic E-state index is -0.866. The van der Waals surface area contributed by atoms with Crippen molar-refractivity contribution in [1.29, 1.82) is 0 Å². The number of aromatic nitrogens is 1. The largest absolute Gasteiger partial charge is 0.493 e. The molecule has 0 bridgehead atoms. The van der Waals surface area contributed by atoms with Gasteiger partial charge in [-0.25, -0.2) is 4.98 Å². The number of thiazole rings is 1. The molecule has 5 atom stereocenters. The normalized spacial score (nSPS) is 17.4. The first-order valence-corrected chi connectivity index (χ1v) is 20.0. The Morgan fingerprint density at radius 3 is 2.39 bits per heavy atom. The summed E-state index contributed by atoms with van der Waals surface area (Å²) in [6, 6.07) is 12.0. The van der Waals surface area contributed by atoms with Crippen LogP contribution in [0.15, 0.2) is 48.0 Å². The molecule has 2 heterocycles. The van der Waals surface area contributed by atoms with Gasteiger partial charge in [-0.1, -0.05) is 64.4 Å². The molecule has 54 heavy (non-hydrogen) atoms. The zero-order valence-electron chi connectivity index (χ0n) is 32.9. The SMILES string of the molecule is Cc1ccc(OC[C@@H](C)CCC(N)=O)cc1CCCCCC(=O)N[C@H](C(=O)N1C[C@H](O)C[C@H]1C(=O)N[C@@H](C)c1ccc(-c2scnc2C)cc1)C(C)(C)C. The van der Waals surface area contributed by atoms with Crippen LogP contribution in [-0.2, 0) is 25.6 Å². The van der Waals surface area contributed by atoms with Crippen LogP contribution in [0.5, 0.6) is 5.75 Å². The molecular formula is C42H59N5O6S. The summed E-state index contributed by atoms with van der Waals surface area (Å²) >= 11 is 1.58. The van der Waals surface area contributed by atoms with E-state index in [2.05, 4.69) is 28.6 Å². The van der Waals surface area contributed by atoms with E-state index in [-0.39, 0.29) is 55.0 Å². The van der Waals surface area contributed by atoms with E-state index < -0.39 is 23.6 Å². The summed E-state index contributed by atoms with van der Waals surface area (Å²) in [7, 11) is 0. The van der Waals surface area contributed by atoms with Crippen LogP contribution in [0.1, 0.15) is 108 Å². The van der Waals surface area contributed by atoms with Crippen LogP contribution in [0.4, 0.5) is 0 Å². The molecule has 5 N–H and O–H groups in total. The summed E-state index contributed by atoms with van der Waals surface area (Å²) in [4.78, 5) is 58.8. The lowest BCUT2D eigenvalue weighted by Gasteiger charge is -2.35. The fourth-order valence-electron chi connectivity index (χ4n) is 6.74. The maximum absolute atomic E-state index is 14.0. The molecule has 2 aromatic carbocycles. The quantitative estimate of drug-likeness (QED) is 0.113. The van der Waals surface area contributed by atoms with E-state index in [0.29, 0.717) is 25.9 Å². The number of nitrogens with zero attached hydrogens (tertiary/aromatic N) is 2. The number of amides is 4. The first-order chi connectivity index (χ1) is 25.5. The Kier molecular flexibility index (Phi) is 15.2. The topological polar surface area (TPSA) is 164 Å². The minimum absolute atomic E-state index is 0.0244. The second-order valence-electron chi connectivity index (χ2n) is 16.0. The zero-order valence-corrected chi connectivity index (χ0v) is 33.8. The molecule has 0 unspecified atom stereocenters. The summed E-state index contributed by atoms with van der Waals surface area (Å²) in [6.45, 7) is 14.2. The fraction of sp³-hybridized carbons (Fsp3) is 0.548. The molecule has 12 heteroatoms. The molecule has 0 aliphatic carbocycles. The van der Waals surface area contributed by atoms with Gasteiger partial charge in [-0.2, -0.15) is 0 Å². The molecular weight excluding hydrogens is 703 g/mol. The van der Waals surface area contributed by atoms with Crippen molar-refractivity contribution in [3.05, 3.63) is 70.4 Å². The molecule has 4 rings (SSSR count). The summed E-state index contributed by atoms with van der Waals surface area (Å²) in [5.74, 6) is -0.213. The van der Waals surface area contributed by atoms with Gasteiger partial charge >= 0.3 is 0 Å². The number of likely N-dealkylation sites (tertiary alicyclic amines) is 1. The van der Waals surface area contributed by atoms with E-state index in [1.165, 1.54) is 16.0 Å². The second kappa shape index (κ2) is 19.3. The number of hydrogen-bond donors (Lipinski definition) is 4. The van der Waals surface area contributed by atoms with Crippen molar-refractivity contribution in [2.45, 2.75) is 124 Å². The highest BCUT2D eigenvalue weighted by molar-refractivity contribution is 7.13. The van der Waals surface area contributed by atoms with Crippen LogP contribution in [0.3, 0.4) is 0 Å². The average Bonchev–Trinajstić information content (AvgIpc) is 3.74. The van der Waals surface area contributed by atoms with Crippen molar-refractivity contribution in [3.63, 3.8) is 0 Å². The third kappa shape index (κ3) is 12.1. The van der Waals surface area contributed by atoms with Crippen LogP contribution in [0.25, 0.3) is 10.4 Å². The number of benzene rings is 2. The summed E-state index contributed by atoms with van der Waals surface area (Å²) in [5.41, 5.74) is 11.8. The molecule has 1 aromatic heterocycles. The number of carbonyl (C=O) groups excluding carboxylic acids is 4. The number of β-amino-alcohol motifs (C(OH)–C–C–N with tert-alkyl or cyclic N) is 1. The Labute approximate surface area is 324 Å². The highest BCUT2D eigenvalue weighted by Crippen LogP contribution is 2.30. The third-order valence-electron chi connectivity index (χ3n) is 10.1. The number of nitrogens with two attached hydrogens (primary N) is 1. The molecule has 0 saturated carbocycles. The molecule has 0 spiro atoms. The molecule has 1 aliphatic heterocycles. The van der Waals surface area contributed by atoms with E-state index in [4.69, 9.17) is 10.5 Å². The van der Waals surface area contributed by atoms with Crippen LogP contribution < -0.4 is 21.1 Å². The van der Waals surface area contributed by atoms with Crippen LogP contribution in [0, 0.1) is 25.2 Å². The van der Waals surface area contributed by atoms with E-state index >= 15 is 0 Å². The number of carbonyl (C=O) groups is 4. The molecule has 3 aromatic rings. The smallest absolute Gasteiger partial charge is 0.246 e. The van der Waals surface area contributed by atoms with Crippen LogP contribution >= 0.6 is 11.3 Å². The maximum Gasteiger partial charge on any atom is 0.246 e. The van der Waals surface area contributed by atoms with E-state index in [1.807, 2.05) is 83.5 Å². The van der Waals surface area contributed by atoms with Gasteiger partial charge in [-0.3, -0.25) is 19.2 Å². The van der Waals surface area contributed by atoms with Crippen molar-refractivity contribution >= 4 is 35.0 Å². The van der Waals surface area contributed by atoms with Gasteiger partial charge in [-0.15, -0.1) is 11.3 Å². The van der Waals surface area contributed by atoms with Gasteiger partial charge in [0.25, 0.3) is 0 Å². The lowest BCUT2D eigenvalue weighted by Crippen LogP contribution is -2.57. The lowest BCUT2D eigenvalue weighted by atomic mass is 9.85. The number of ether oxygens (including phenoxy) is 1. The molecule has 4 amide bonds. The van der Waals surface area contributed by atoms with Gasteiger partial charge in [-0.05, 0) is 92.2 Å². The number of nitrogens with one attached hydrogen (secondary N) is 2. The van der Waals surface area contributed by atoms with Crippen LogP contribution in [0.2, 0.25) is 0 Å². The lowest BCUT2D eigenvalue weighted by molar-refractivity contribution is -0.144. The zero-order chi connectivity index (χ0) is 39.6. The van der Waals surface area contributed by atoms with Gasteiger partial charge in [0.15, 0.2) is 0 Å². The predicted molar refractivity (Wildman–Crippen MR) is 213 cm³/mol. The maximum atomic E-state index is 14.0. The number of aryl methyl sites for hydroxylation is 3. The standard InChI is InChI=1S/C42H59N5O6S/c1-26(13-20-36(43)49)24-53-34-19-14-27(2)32(21-34)11-9-8-10-12-37(50)46-39(42(5,6)7)41(52)47-23-33(48)22-35(47)40(51)45-28(3)30-15-17-31(18-16-30)38-29(4)44-25-54-38/h14-19,21,25-26,28,33,35,39,48H,8-13,20,22-24H2,1-7H3,(H2,43,49)(H,45,51)(H,46,50)/t26-,28-,33+,35-,39+/m0/s1. The van der Waals surface area contributed by atoms with Gasteiger partial charge in [0.2, 0.25) is 23.6 Å². The number of primary amides is 1. The summed E-state index contributed by atoms with van der Waals surface area (Å²) in [6.07, 6.45) is 3.85. The number of aliphatic hydroxyl groups excluding tert-OH is 1. The van der Waals surface area contributed by atoms with Gasteiger partial charge in [0.05, 0.1) is 34.8 Å². The van der Waals surface area contributed by atoms with Crippen molar-refractivity contribution in [2.24, 2.45) is 17.1 Å². The fourth-order valence-corrected chi connectivity index (χ4v) is 7.56. The molecule has 1 aliphatic rings.